The van der Waals surface area contributed by atoms with Crippen LogP contribution in [0.3, 0.4) is 0 Å². The van der Waals surface area contributed by atoms with Crippen LogP contribution in [0, 0.1) is 5.82 Å². The van der Waals surface area contributed by atoms with Crippen LogP contribution in [0.25, 0.3) is 0 Å². The van der Waals surface area contributed by atoms with Gasteiger partial charge in [-0.15, -0.1) is 0 Å². The second kappa shape index (κ2) is 7.12. The number of carbonyl (C=O) groups is 1. The fraction of sp³-hybridized carbons (Fsp3) is 0.143. The third-order valence-corrected chi connectivity index (χ3v) is 3.24. The van der Waals surface area contributed by atoms with Crippen molar-refractivity contribution in [2.75, 3.05) is 0 Å². The molecule has 0 aliphatic rings. The van der Waals surface area contributed by atoms with Crippen LogP contribution in [0.4, 0.5) is 13.2 Å². The molecule has 1 aromatic heterocycles. The van der Waals surface area contributed by atoms with Gasteiger partial charge >= 0.3 is 5.97 Å². The van der Waals surface area contributed by atoms with E-state index in [1.165, 1.54) is 36.5 Å². The van der Waals surface area contributed by atoms with Crippen LogP contribution in [0.5, 0.6) is 0 Å². The Morgan fingerprint density at radius 3 is 2.71 bits per heavy atom. The number of rotatable bonds is 5. The number of thioether (sulfide) groups is 1. The first-order valence-electron chi connectivity index (χ1n) is 5.88. The van der Waals surface area contributed by atoms with Gasteiger partial charge in [0.05, 0.1) is 5.56 Å². The zero-order chi connectivity index (χ0) is 15.2. The highest BCUT2D eigenvalue weighted by atomic mass is 32.2. The Hall–Kier alpha value is -2.02. The zero-order valence-electron chi connectivity index (χ0n) is 10.6. The molecule has 0 amide bonds. The molecule has 0 atom stereocenters. The molecule has 0 bridgehead atoms. The molecule has 0 radical (unpaired) electrons. The van der Waals surface area contributed by atoms with Gasteiger partial charge in [0.15, 0.2) is 0 Å². The number of aromatic nitrogens is 1. The highest BCUT2D eigenvalue weighted by molar-refractivity contribution is 7.99. The molecule has 0 unspecified atom stereocenters. The van der Waals surface area contributed by atoms with E-state index in [-0.39, 0.29) is 34.5 Å². The molecule has 21 heavy (non-hydrogen) atoms. The highest BCUT2D eigenvalue weighted by Crippen LogP contribution is 2.26. The van der Waals surface area contributed by atoms with Gasteiger partial charge in [0, 0.05) is 11.8 Å². The van der Waals surface area contributed by atoms with E-state index in [9.17, 15) is 18.0 Å². The van der Waals surface area contributed by atoms with Crippen LogP contribution in [0.15, 0.2) is 47.6 Å². The summed E-state index contributed by atoms with van der Waals surface area (Å²) in [5, 5.41) is -0.119. The highest BCUT2D eigenvalue weighted by Gasteiger charge is 2.18. The molecule has 110 valence electrons. The van der Waals surface area contributed by atoms with Crippen molar-refractivity contribution in [1.29, 1.82) is 0 Å². The number of benzene rings is 1. The molecule has 1 aromatic carbocycles. The minimum absolute atomic E-state index is 0.0702. The summed E-state index contributed by atoms with van der Waals surface area (Å²) in [5.41, 5.74) is 0.136. The summed E-state index contributed by atoms with van der Waals surface area (Å²) in [6.07, 6.45) is 1.30. The number of nitrogens with zero attached hydrogens (tertiary/aromatic N) is 1. The van der Waals surface area contributed by atoms with E-state index in [1.54, 1.807) is 6.07 Å². The fourth-order valence-electron chi connectivity index (χ4n) is 1.56. The quantitative estimate of drug-likeness (QED) is 0.620. The monoisotopic (exact) mass is 313 g/mol. The van der Waals surface area contributed by atoms with Crippen LogP contribution in [0.1, 0.15) is 15.9 Å². The molecule has 0 spiro atoms. The Morgan fingerprint density at radius 2 is 2.00 bits per heavy atom. The summed E-state index contributed by atoms with van der Waals surface area (Å²) < 4.78 is 43.1. The number of pyridine rings is 1. The van der Waals surface area contributed by atoms with E-state index in [0.717, 1.165) is 0 Å². The standard InChI is InChI=1S/C14H10F3NO2S/c15-11-6-2-1-4-9(11)8-20-13(19)10-5-3-7-18-12(10)21-14(16)17/h1-7,14H,8H2. The molecule has 0 aliphatic heterocycles. The number of alkyl halides is 2. The van der Waals surface area contributed by atoms with Crippen LogP contribution in [-0.2, 0) is 11.3 Å². The minimum atomic E-state index is -2.70. The molecule has 0 fully saturated rings. The van der Waals surface area contributed by atoms with Gasteiger partial charge in [-0.3, -0.25) is 0 Å². The zero-order valence-corrected chi connectivity index (χ0v) is 11.4. The van der Waals surface area contributed by atoms with E-state index in [0.29, 0.717) is 0 Å². The van der Waals surface area contributed by atoms with Crippen molar-refractivity contribution in [3.8, 4) is 0 Å². The maximum Gasteiger partial charge on any atom is 0.341 e. The Morgan fingerprint density at radius 1 is 1.24 bits per heavy atom. The van der Waals surface area contributed by atoms with E-state index in [2.05, 4.69) is 4.98 Å². The van der Waals surface area contributed by atoms with Crippen molar-refractivity contribution in [3.63, 3.8) is 0 Å². The molecule has 1 heterocycles. The minimum Gasteiger partial charge on any atom is -0.457 e. The summed E-state index contributed by atoms with van der Waals surface area (Å²) in [4.78, 5) is 15.6. The molecule has 0 N–H and O–H groups in total. The molecule has 2 rings (SSSR count). The lowest BCUT2D eigenvalue weighted by molar-refractivity contribution is 0.0464. The maximum absolute atomic E-state index is 13.4. The van der Waals surface area contributed by atoms with Crippen LogP contribution < -0.4 is 0 Å². The van der Waals surface area contributed by atoms with Gasteiger partial charge in [0.25, 0.3) is 5.76 Å². The van der Waals surface area contributed by atoms with Gasteiger partial charge in [0.2, 0.25) is 0 Å². The molecule has 3 nitrogen and oxygen atoms in total. The summed E-state index contributed by atoms with van der Waals surface area (Å²) in [6.45, 7) is -0.279. The van der Waals surface area contributed by atoms with E-state index in [1.807, 2.05) is 0 Å². The van der Waals surface area contributed by atoms with Crippen molar-refractivity contribution in [2.24, 2.45) is 0 Å². The first kappa shape index (κ1) is 15.4. The smallest absolute Gasteiger partial charge is 0.341 e. The maximum atomic E-state index is 13.4. The number of ether oxygens (including phenoxy) is 1. The molecule has 0 saturated heterocycles. The lowest BCUT2D eigenvalue weighted by Crippen LogP contribution is -2.08. The number of esters is 1. The van der Waals surface area contributed by atoms with E-state index in [4.69, 9.17) is 4.74 Å². The number of halogens is 3. The number of carbonyl (C=O) groups excluding carboxylic acids is 1. The Balaban J connectivity index is 2.09. The largest absolute Gasteiger partial charge is 0.457 e. The van der Waals surface area contributed by atoms with Gasteiger partial charge in [-0.05, 0) is 30.0 Å². The molecule has 0 saturated carbocycles. The molecule has 0 aliphatic carbocycles. The topological polar surface area (TPSA) is 39.2 Å². The van der Waals surface area contributed by atoms with Crippen LogP contribution >= 0.6 is 11.8 Å². The first-order valence-corrected chi connectivity index (χ1v) is 6.76. The molecular weight excluding hydrogens is 303 g/mol. The van der Waals surface area contributed by atoms with Crippen molar-refractivity contribution < 1.29 is 22.7 Å². The predicted octanol–water partition coefficient (Wildman–Crippen LogP) is 3.89. The average Bonchev–Trinajstić information content (AvgIpc) is 2.46. The molecular formula is C14H10F3NO2S. The normalized spacial score (nSPS) is 10.7. The van der Waals surface area contributed by atoms with Crippen molar-refractivity contribution in [2.45, 2.75) is 17.4 Å². The van der Waals surface area contributed by atoms with Crippen molar-refractivity contribution in [1.82, 2.24) is 4.98 Å². The van der Waals surface area contributed by atoms with Crippen LogP contribution in [0.2, 0.25) is 0 Å². The van der Waals surface area contributed by atoms with Gasteiger partial charge < -0.3 is 4.74 Å². The summed E-state index contributed by atoms with van der Waals surface area (Å²) >= 11 is 0.159. The fourth-order valence-corrected chi connectivity index (χ4v) is 2.13. The van der Waals surface area contributed by atoms with Gasteiger partial charge in [-0.25, -0.2) is 14.2 Å². The molecule has 7 heteroatoms. The van der Waals surface area contributed by atoms with E-state index < -0.39 is 17.5 Å². The number of hydrogen-bond donors (Lipinski definition) is 0. The third-order valence-electron chi connectivity index (χ3n) is 2.51. The SMILES string of the molecule is O=C(OCc1ccccc1F)c1cccnc1SC(F)F. The average molecular weight is 313 g/mol. The van der Waals surface area contributed by atoms with Gasteiger partial charge in [-0.2, -0.15) is 8.78 Å². The Labute approximate surface area is 123 Å². The van der Waals surface area contributed by atoms with Gasteiger partial charge in [-0.1, -0.05) is 18.2 Å². The summed E-state index contributed by atoms with van der Waals surface area (Å²) in [5.74, 6) is -4.02. The lowest BCUT2D eigenvalue weighted by Gasteiger charge is -2.08. The first-order chi connectivity index (χ1) is 10.1. The lowest BCUT2D eigenvalue weighted by atomic mass is 10.2. The van der Waals surface area contributed by atoms with Crippen molar-refractivity contribution in [3.05, 3.63) is 59.5 Å². The van der Waals surface area contributed by atoms with Gasteiger partial charge in [0.1, 0.15) is 17.5 Å². The van der Waals surface area contributed by atoms with E-state index >= 15 is 0 Å². The van der Waals surface area contributed by atoms with Crippen molar-refractivity contribution >= 4 is 17.7 Å². The predicted molar refractivity (Wildman–Crippen MR) is 71.6 cm³/mol. The third kappa shape index (κ3) is 4.22. The second-order valence-electron chi connectivity index (χ2n) is 3.90. The summed E-state index contributed by atoms with van der Waals surface area (Å²) in [6, 6.07) is 8.61. The summed E-state index contributed by atoms with van der Waals surface area (Å²) in [7, 11) is 0. The second-order valence-corrected chi connectivity index (χ2v) is 4.88. The van der Waals surface area contributed by atoms with Crippen LogP contribution in [-0.4, -0.2) is 16.7 Å². The number of hydrogen-bond acceptors (Lipinski definition) is 4. The Kier molecular flexibility index (Phi) is 5.21. The Bertz CT molecular complexity index is 637. The molecule has 2 aromatic rings.